The summed E-state index contributed by atoms with van der Waals surface area (Å²) in [5, 5.41) is 11.4. The summed E-state index contributed by atoms with van der Waals surface area (Å²) in [6.07, 6.45) is 0.223. The second kappa shape index (κ2) is 9.60. The Bertz CT molecular complexity index is 963. The van der Waals surface area contributed by atoms with E-state index in [4.69, 9.17) is 14.2 Å². The van der Waals surface area contributed by atoms with Crippen molar-refractivity contribution < 1.29 is 37.1 Å². The second-order valence-electron chi connectivity index (χ2n) is 7.25. The quantitative estimate of drug-likeness (QED) is 0.218. The van der Waals surface area contributed by atoms with E-state index in [-0.39, 0.29) is 32.1 Å². The minimum absolute atomic E-state index is 0.00321. The third-order valence-corrected chi connectivity index (χ3v) is 7.23. The molecule has 2 aliphatic rings. The first-order valence-electron chi connectivity index (χ1n) is 9.91. The number of esters is 1. The average molecular weight is 456 g/mol. The monoisotopic (exact) mass is 456 g/mol. The van der Waals surface area contributed by atoms with E-state index >= 15 is 0 Å². The molecule has 0 saturated carbocycles. The van der Waals surface area contributed by atoms with Crippen LogP contribution in [0.2, 0.25) is 0 Å². The summed E-state index contributed by atoms with van der Waals surface area (Å²) in [4.78, 5) is 36.5. The summed E-state index contributed by atoms with van der Waals surface area (Å²) in [5.74, 6) is -3.19. The number of ether oxygens (including phenoxy) is 3. The lowest BCUT2D eigenvalue weighted by Crippen LogP contribution is -2.37. The smallest absolute Gasteiger partial charge is 0.317 e. The van der Waals surface area contributed by atoms with Gasteiger partial charge in [0.15, 0.2) is 11.5 Å². The third-order valence-electron chi connectivity index (χ3n) is 5.27. The van der Waals surface area contributed by atoms with Gasteiger partial charge in [0.05, 0.1) is 18.3 Å². The topological polar surface area (TPSA) is 142 Å². The van der Waals surface area contributed by atoms with E-state index in [1.807, 2.05) is 0 Å². The number of hydrogen-bond donors (Lipinski definition) is 0. The number of ketones is 1. The summed E-state index contributed by atoms with van der Waals surface area (Å²) in [6.45, 7) is 1.11. The molecule has 1 aromatic carbocycles. The molecule has 0 amide bonds. The maximum Gasteiger partial charge on any atom is 0.317 e. The van der Waals surface area contributed by atoms with E-state index in [1.165, 1.54) is 10.4 Å². The van der Waals surface area contributed by atoms with Crippen molar-refractivity contribution in [3.05, 3.63) is 33.9 Å². The largest absolute Gasteiger partial charge is 0.465 e. The van der Waals surface area contributed by atoms with E-state index in [9.17, 15) is 28.1 Å². The molecule has 0 bridgehead atoms. The average Bonchev–Trinajstić information content (AvgIpc) is 3.30. The summed E-state index contributed by atoms with van der Waals surface area (Å²) in [7, 11) is -3.41. The van der Waals surface area contributed by atoms with Crippen LogP contribution in [0, 0.1) is 16.0 Å². The van der Waals surface area contributed by atoms with Gasteiger partial charge < -0.3 is 14.2 Å². The first-order valence-corrected chi connectivity index (χ1v) is 11.5. The predicted molar refractivity (Wildman–Crippen MR) is 107 cm³/mol. The molecule has 2 heterocycles. The lowest BCUT2D eigenvalue weighted by molar-refractivity contribution is -0.484. The van der Waals surface area contributed by atoms with Crippen molar-refractivity contribution in [2.75, 3.05) is 38.8 Å². The van der Waals surface area contributed by atoms with Crippen LogP contribution in [0.5, 0.6) is 11.5 Å². The van der Waals surface area contributed by atoms with Crippen LogP contribution >= 0.6 is 0 Å². The molecule has 0 spiro atoms. The zero-order valence-electron chi connectivity index (χ0n) is 17.0. The molecule has 12 heteroatoms. The van der Waals surface area contributed by atoms with Crippen molar-refractivity contribution in [3.63, 3.8) is 0 Å². The van der Waals surface area contributed by atoms with Crippen LogP contribution in [0.15, 0.2) is 18.2 Å². The number of rotatable bonds is 10. The van der Waals surface area contributed by atoms with E-state index in [1.54, 1.807) is 19.1 Å². The Morgan fingerprint density at radius 3 is 2.68 bits per heavy atom. The molecule has 2 atom stereocenters. The van der Waals surface area contributed by atoms with Crippen molar-refractivity contribution in [3.8, 4) is 11.5 Å². The van der Waals surface area contributed by atoms with E-state index in [2.05, 4.69) is 0 Å². The van der Waals surface area contributed by atoms with E-state index in [0.717, 1.165) is 0 Å². The molecular weight excluding hydrogens is 432 g/mol. The molecule has 1 fully saturated rings. The minimum atomic E-state index is -3.41. The zero-order valence-corrected chi connectivity index (χ0v) is 17.8. The standard InChI is InChI=1S/C19H24N2O9S/c1-2-28-19(23)18(15(22)6-8-20-7-3-9-31(20,26)27)14(11-21(24)25)13-4-5-16-17(10-13)30-12-29-16/h4-5,10,14,18H,2-3,6-9,11-12H2,1H3. The van der Waals surface area contributed by atoms with Crippen molar-refractivity contribution in [1.29, 1.82) is 0 Å². The molecule has 11 nitrogen and oxygen atoms in total. The highest BCUT2D eigenvalue weighted by Gasteiger charge is 2.41. The van der Waals surface area contributed by atoms with Gasteiger partial charge in [0.1, 0.15) is 11.7 Å². The number of hydrogen-bond acceptors (Lipinski definition) is 9. The first kappa shape index (κ1) is 22.9. The summed E-state index contributed by atoms with van der Waals surface area (Å²) in [6, 6.07) is 4.63. The van der Waals surface area contributed by atoms with Crippen LogP contribution in [0.3, 0.4) is 0 Å². The number of carbonyl (C=O) groups excluding carboxylic acids is 2. The highest BCUT2D eigenvalue weighted by Crippen LogP contribution is 2.37. The molecule has 2 unspecified atom stereocenters. The van der Waals surface area contributed by atoms with Crippen LogP contribution in [0.4, 0.5) is 0 Å². The van der Waals surface area contributed by atoms with Gasteiger partial charge in [-0.2, -0.15) is 0 Å². The fourth-order valence-corrected chi connectivity index (χ4v) is 5.32. The number of carbonyl (C=O) groups is 2. The molecule has 0 aromatic heterocycles. The number of fused-ring (bicyclic) bond motifs is 1. The Hall–Kier alpha value is -2.73. The molecular formula is C19H24N2O9S. The molecule has 0 aliphatic carbocycles. The van der Waals surface area contributed by atoms with Gasteiger partial charge in [0.25, 0.3) is 0 Å². The molecule has 31 heavy (non-hydrogen) atoms. The van der Waals surface area contributed by atoms with Gasteiger partial charge in [-0.15, -0.1) is 0 Å². The lowest BCUT2D eigenvalue weighted by Gasteiger charge is -2.23. The zero-order chi connectivity index (χ0) is 22.6. The molecule has 0 N–H and O–H groups in total. The van der Waals surface area contributed by atoms with Gasteiger partial charge in [-0.25, -0.2) is 12.7 Å². The molecule has 1 saturated heterocycles. The first-order chi connectivity index (χ1) is 14.7. The molecule has 2 aliphatic heterocycles. The normalized spacial score (nSPS) is 19.0. The maximum atomic E-state index is 13.1. The van der Waals surface area contributed by atoms with Crippen LogP contribution in [0.1, 0.15) is 31.2 Å². The van der Waals surface area contributed by atoms with Crippen LogP contribution < -0.4 is 9.47 Å². The van der Waals surface area contributed by atoms with Crippen LogP contribution in [-0.4, -0.2) is 68.2 Å². The number of nitrogens with zero attached hydrogens (tertiary/aromatic N) is 2. The summed E-state index contributed by atoms with van der Waals surface area (Å²) in [5.41, 5.74) is 0.362. The molecule has 1 aromatic rings. The highest BCUT2D eigenvalue weighted by molar-refractivity contribution is 7.89. The number of benzene rings is 1. The molecule has 170 valence electrons. The number of nitro groups is 1. The van der Waals surface area contributed by atoms with Gasteiger partial charge >= 0.3 is 5.97 Å². The second-order valence-corrected chi connectivity index (χ2v) is 9.34. The molecule has 0 radical (unpaired) electrons. The number of sulfonamides is 1. The van der Waals surface area contributed by atoms with Crippen molar-refractivity contribution >= 4 is 21.8 Å². The van der Waals surface area contributed by atoms with Crippen LogP contribution in [0.25, 0.3) is 0 Å². The Morgan fingerprint density at radius 2 is 2.03 bits per heavy atom. The minimum Gasteiger partial charge on any atom is -0.465 e. The Kier molecular flexibility index (Phi) is 7.11. The van der Waals surface area contributed by atoms with Gasteiger partial charge in [0.2, 0.25) is 23.4 Å². The third kappa shape index (κ3) is 5.31. The predicted octanol–water partition coefficient (Wildman–Crippen LogP) is 0.950. The van der Waals surface area contributed by atoms with Gasteiger partial charge in [0, 0.05) is 24.4 Å². The number of Topliss-reactive ketones (excluding diaryl/α,β-unsaturated/α-hetero) is 1. The Labute approximate surface area is 179 Å². The van der Waals surface area contributed by atoms with Gasteiger partial charge in [-0.05, 0) is 31.0 Å². The van der Waals surface area contributed by atoms with Crippen molar-refractivity contribution in [1.82, 2.24) is 4.31 Å². The van der Waals surface area contributed by atoms with Crippen molar-refractivity contribution in [2.24, 2.45) is 5.92 Å². The van der Waals surface area contributed by atoms with Gasteiger partial charge in [-0.1, -0.05) is 6.07 Å². The summed E-state index contributed by atoms with van der Waals surface area (Å²) >= 11 is 0. The van der Waals surface area contributed by atoms with Crippen molar-refractivity contribution in [2.45, 2.75) is 25.7 Å². The molecule has 3 rings (SSSR count). The van der Waals surface area contributed by atoms with Crippen LogP contribution in [-0.2, 0) is 24.3 Å². The SMILES string of the molecule is CCOC(=O)C(C(=O)CCN1CCCS1(=O)=O)C(C[N+](=O)[O-])c1ccc2c(c1)OCO2. The Balaban J connectivity index is 1.88. The van der Waals surface area contributed by atoms with E-state index < -0.39 is 45.1 Å². The Morgan fingerprint density at radius 1 is 1.29 bits per heavy atom. The fraction of sp³-hybridized carbons (Fsp3) is 0.579. The van der Waals surface area contributed by atoms with E-state index in [0.29, 0.717) is 30.0 Å². The highest BCUT2D eigenvalue weighted by atomic mass is 32.2. The maximum absolute atomic E-state index is 13.1. The summed E-state index contributed by atoms with van der Waals surface area (Å²) < 4.78 is 40.8. The fourth-order valence-electron chi connectivity index (χ4n) is 3.79. The lowest BCUT2D eigenvalue weighted by atomic mass is 9.82. The van der Waals surface area contributed by atoms with Gasteiger partial charge in [-0.3, -0.25) is 19.7 Å².